The fourth-order valence-electron chi connectivity index (χ4n) is 3.08. The molecule has 0 heterocycles. The zero-order valence-corrected chi connectivity index (χ0v) is 21.6. The van der Waals surface area contributed by atoms with E-state index in [1.54, 1.807) is 65.8 Å². The Morgan fingerprint density at radius 3 is 2.03 bits per heavy atom. The number of aliphatic carboxylic acids is 1. The fraction of sp³-hybridized carbons (Fsp3) is 0.600. The number of hydrogen-bond donors (Lipinski definition) is 3. The number of carbonyl (C=O) groups excluding carboxylic acids is 3. The third-order valence-corrected chi connectivity index (χ3v) is 4.43. The van der Waals surface area contributed by atoms with Crippen molar-refractivity contribution in [2.75, 3.05) is 13.1 Å². The Hall–Kier alpha value is -3.30. The van der Waals surface area contributed by atoms with Gasteiger partial charge in [0.25, 0.3) is 0 Å². The summed E-state index contributed by atoms with van der Waals surface area (Å²) in [7, 11) is 0. The van der Waals surface area contributed by atoms with Crippen LogP contribution in [0.4, 0.5) is 9.59 Å². The first kappa shape index (κ1) is 29.7. The quantitative estimate of drug-likeness (QED) is 0.400. The molecule has 10 heteroatoms. The van der Waals surface area contributed by atoms with Gasteiger partial charge < -0.3 is 30.1 Å². The lowest BCUT2D eigenvalue weighted by Gasteiger charge is -2.28. The van der Waals surface area contributed by atoms with Gasteiger partial charge in [0, 0.05) is 13.1 Å². The van der Waals surface area contributed by atoms with Crippen LogP contribution in [0.25, 0.3) is 0 Å². The number of rotatable bonds is 11. The van der Waals surface area contributed by atoms with E-state index < -0.39 is 47.9 Å². The molecular weight excluding hydrogens is 454 g/mol. The Kier molecular flexibility index (Phi) is 11.5. The molecule has 3 amide bonds. The van der Waals surface area contributed by atoms with E-state index in [0.717, 1.165) is 5.56 Å². The first-order chi connectivity index (χ1) is 16.2. The molecule has 0 fully saturated rings. The fourth-order valence-corrected chi connectivity index (χ4v) is 3.08. The van der Waals surface area contributed by atoms with Crippen LogP contribution in [0.5, 0.6) is 0 Å². The van der Waals surface area contributed by atoms with Gasteiger partial charge in [-0.3, -0.25) is 9.59 Å². The Morgan fingerprint density at radius 2 is 1.49 bits per heavy atom. The standard InChI is InChI=1S/C25H39N3O7/c1-24(2,3)34-22(32)26-15-11-10-14-19(27-23(33)35-25(4,5)6)21(31)28(17-20(29)30)16-18-12-8-7-9-13-18/h7-9,12-13,19H,10-11,14-17H2,1-6H3,(H,26,32)(H,27,33)(H,29,30)/t19-/m0/s1. The number of alkyl carbamates (subject to hydrolysis) is 2. The second kappa shape index (κ2) is 13.6. The highest BCUT2D eigenvalue weighted by Crippen LogP contribution is 2.13. The zero-order valence-electron chi connectivity index (χ0n) is 21.6. The van der Waals surface area contributed by atoms with Crippen LogP contribution in [-0.2, 0) is 25.6 Å². The highest BCUT2D eigenvalue weighted by molar-refractivity contribution is 5.88. The molecule has 1 aromatic carbocycles. The van der Waals surface area contributed by atoms with E-state index in [-0.39, 0.29) is 13.0 Å². The van der Waals surface area contributed by atoms with Crippen LogP contribution >= 0.6 is 0 Å². The van der Waals surface area contributed by atoms with Gasteiger partial charge in [0.2, 0.25) is 5.91 Å². The molecule has 0 spiro atoms. The predicted octanol–water partition coefficient (Wildman–Crippen LogP) is 3.69. The van der Waals surface area contributed by atoms with Gasteiger partial charge in [-0.05, 0) is 66.4 Å². The number of nitrogens with zero attached hydrogens (tertiary/aromatic N) is 1. The van der Waals surface area contributed by atoms with E-state index in [1.165, 1.54) is 4.90 Å². The molecule has 0 radical (unpaired) electrons. The minimum absolute atomic E-state index is 0.0820. The number of carboxylic acid groups (broad SMARTS) is 1. The van der Waals surface area contributed by atoms with Crippen LogP contribution < -0.4 is 10.6 Å². The van der Waals surface area contributed by atoms with Gasteiger partial charge in [-0.15, -0.1) is 0 Å². The maximum atomic E-state index is 13.3. The van der Waals surface area contributed by atoms with E-state index in [0.29, 0.717) is 19.4 Å². The van der Waals surface area contributed by atoms with Crippen molar-refractivity contribution in [2.24, 2.45) is 0 Å². The molecule has 1 aromatic rings. The summed E-state index contributed by atoms with van der Waals surface area (Å²) in [5.74, 6) is -1.69. The van der Waals surface area contributed by atoms with Crippen molar-refractivity contribution < 1.29 is 33.8 Å². The summed E-state index contributed by atoms with van der Waals surface area (Å²) < 4.78 is 10.5. The summed E-state index contributed by atoms with van der Waals surface area (Å²) >= 11 is 0. The van der Waals surface area contributed by atoms with Crippen molar-refractivity contribution in [2.45, 2.75) is 84.6 Å². The van der Waals surface area contributed by atoms with Crippen LogP contribution in [0.3, 0.4) is 0 Å². The number of unbranched alkanes of at least 4 members (excludes halogenated alkanes) is 1. The number of nitrogens with one attached hydrogen (secondary N) is 2. The summed E-state index contributed by atoms with van der Waals surface area (Å²) in [6, 6.07) is 8.01. The topological polar surface area (TPSA) is 134 Å². The molecule has 0 aliphatic rings. The van der Waals surface area contributed by atoms with Crippen LogP contribution in [0.2, 0.25) is 0 Å². The molecule has 0 saturated heterocycles. The molecule has 35 heavy (non-hydrogen) atoms. The van der Waals surface area contributed by atoms with Gasteiger partial charge >= 0.3 is 18.2 Å². The van der Waals surface area contributed by atoms with E-state index in [2.05, 4.69) is 10.6 Å². The molecule has 10 nitrogen and oxygen atoms in total. The van der Waals surface area contributed by atoms with E-state index in [9.17, 15) is 24.3 Å². The molecule has 3 N–H and O–H groups in total. The normalized spacial score (nSPS) is 12.3. The van der Waals surface area contributed by atoms with Gasteiger partial charge in [0.15, 0.2) is 0 Å². The van der Waals surface area contributed by atoms with E-state index in [1.807, 2.05) is 6.07 Å². The molecule has 1 rings (SSSR count). The van der Waals surface area contributed by atoms with Crippen LogP contribution in [-0.4, -0.2) is 64.4 Å². The maximum absolute atomic E-state index is 13.3. The van der Waals surface area contributed by atoms with Crippen LogP contribution in [0.1, 0.15) is 66.4 Å². The lowest BCUT2D eigenvalue weighted by Crippen LogP contribution is -2.50. The number of ether oxygens (including phenoxy) is 2. The molecule has 0 saturated carbocycles. The molecule has 196 valence electrons. The number of amides is 3. The first-order valence-corrected chi connectivity index (χ1v) is 11.7. The maximum Gasteiger partial charge on any atom is 0.408 e. The van der Waals surface area contributed by atoms with Crippen LogP contribution in [0, 0.1) is 0 Å². The summed E-state index contributed by atoms with van der Waals surface area (Å²) in [6.45, 7) is 10.3. The number of hydrogen-bond acceptors (Lipinski definition) is 6. The summed E-state index contributed by atoms with van der Waals surface area (Å²) in [4.78, 5) is 50.1. The van der Waals surface area contributed by atoms with Crippen LogP contribution in [0.15, 0.2) is 30.3 Å². The number of carboxylic acids is 1. The van der Waals surface area contributed by atoms with Gasteiger partial charge in [0.1, 0.15) is 23.8 Å². The molecule has 0 unspecified atom stereocenters. The smallest absolute Gasteiger partial charge is 0.408 e. The highest BCUT2D eigenvalue weighted by atomic mass is 16.6. The molecule has 0 bridgehead atoms. The third-order valence-electron chi connectivity index (χ3n) is 4.43. The Bertz CT molecular complexity index is 845. The monoisotopic (exact) mass is 493 g/mol. The SMILES string of the molecule is CC(C)(C)OC(=O)NCCCC[C@H](NC(=O)OC(C)(C)C)C(=O)N(CC(=O)O)Cc1ccccc1. The van der Waals surface area contributed by atoms with E-state index >= 15 is 0 Å². The predicted molar refractivity (Wildman–Crippen MR) is 131 cm³/mol. The highest BCUT2D eigenvalue weighted by Gasteiger charge is 2.29. The second-order valence-electron chi connectivity index (χ2n) is 10.2. The third kappa shape index (κ3) is 13.9. The summed E-state index contributed by atoms with van der Waals surface area (Å²) in [5, 5.41) is 14.6. The van der Waals surface area contributed by atoms with Crippen molar-refractivity contribution in [1.29, 1.82) is 0 Å². The lowest BCUT2D eigenvalue weighted by atomic mass is 10.1. The van der Waals surface area contributed by atoms with Crippen molar-refractivity contribution in [1.82, 2.24) is 15.5 Å². The van der Waals surface area contributed by atoms with Gasteiger partial charge in [-0.2, -0.15) is 0 Å². The summed E-state index contributed by atoms with van der Waals surface area (Å²) in [6.07, 6.45) is -0.0608. The van der Waals surface area contributed by atoms with Gasteiger partial charge in [0.05, 0.1) is 0 Å². The average Bonchev–Trinajstić information content (AvgIpc) is 2.69. The van der Waals surface area contributed by atoms with Gasteiger partial charge in [-0.25, -0.2) is 9.59 Å². The Labute approximate surface area is 207 Å². The largest absolute Gasteiger partial charge is 0.480 e. The number of benzene rings is 1. The van der Waals surface area contributed by atoms with Gasteiger partial charge in [-0.1, -0.05) is 30.3 Å². The van der Waals surface area contributed by atoms with Crippen molar-refractivity contribution in [3.63, 3.8) is 0 Å². The molecule has 0 aromatic heterocycles. The minimum atomic E-state index is -1.16. The van der Waals surface area contributed by atoms with Crippen molar-refractivity contribution in [3.05, 3.63) is 35.9 Å². The molecule has 1 atom stereocenters. The molecule has 0 aliphatic carbocycles. The Morgan fingerprint density at radius 1 is 0.914 bits per heavy atom. The van der Waals surface area contributed by atoms with Crippen molar-refractivity contribution >= 4 is 24.1 Å². The minimum Gasteiger partial charge on any atom is -0.480 e. The Balaban J connectivity index is 2.85. The van der Waals surface area contributed by atoms with E-state index in [4.69, 9.17) is 9.47 Å². The van der Waals surface area contributed by atoms with Crippen molar-refractivity contribution in [3.8, 4) is 0 Å². The average molecular weight is 494 g/mol. The molecule has 0 aliphatic heterocycles. The first-order valence-electron chi connectivity index (χ1n) is 11.7. The molecular formula is C25H39N3O7. The second-order valence-corrected chi connectivity index (χ2v) is 10.2. The zero-order chi connectivity index (χ0) is 26.6. The summed E-state index contributed by atoms with van der Waals surface area (Å²) in [5.41, 5.74) is -0.606. The number of carbonyl (C=O) groups is 4. The lowest BCUT2D eigenvalue weighted by molar-refractivity contribution is -0.145.